The van der Waals surface area contributed by atoms with Crippen molar-refractivity contribution in [2.24, 2.45) is 11.3 Å². The zero-order chi connectivity index (χ0) is 10.6. The second-order valence-corrected chi connectivity index (χ2v) is 3.45. The molecular weight excluding hydrogens is 218 g/mol. The summed E-state index contributed by atoms with van der Waals surface area (Å²) in [7, 11) is 0. The van der Waals surface area contributed by atoms with Gasteiger partial charge in [0, 0.05) is 0 Å². The number of hydrogen-bond donors (Lipinski definition) is 0. The van der Waals surface area contributed by atoms with Crippen LogP contribution in [-0.2, 0) is 9.59 Å². The van der Waals surface area contributed by atoms with Crippen LogP contribution in [0.2, 0.25) is 0 Å². The molecule has 0 bridgehead atoms. The van der Waals surface area contributed by atoms with Crippen molar-refractivity contribution >= 4 is 11.9 Å². The summed E-state index contributed by atoms with van der Waals surface area (Å²) < 4.78 is 0. The van der Waals surface area contributed by atoms with Gasteiger partial charge in [0.15, 0.2) is 0 Å². The average molecular weight is 232 g/mol. The molecule has 0 aromatic carbocycles. The van der Waals surface area contributed by atoms with E-state index in [1.807, 2.05) is 0 Å². The van der Waals surface area contributed by atoms with Gasteiger partial charge in [-0.25, -0.2) is 0 Å². The fraction of sp³-hybridized carbons (Fsp3) is 0.778. The Bertz CT molecular complexity index is 202. The number of carbonyl (C=O) groups excluding carboxylic acids is 2. The van der Waals surface area contributed by atoms with Gasteiger partial charge in [-0.1, -0.05) is 27.2 Å². The minimum Gasteiger partial charge on any atom is -0.549 e. The van der Waals surface area contributed by atoms with Crippen molar-refractivity contribution in [2.75, 3.05) is 0 Å². The van der Waals surface area contributed by atoms with E-state index >= 15 is 0 Å². The molecule has 0 aromatic rings. The van der Waals surface area contributed by atoms with Crippen LogP contribution in [0.15, 0.2) is 0 Å². The van der Waals surface area contributed by atoms with Crippen LogP contribution in [0.4, 0.5) is 0 Å². The third-order valence-corrected chi connectivity index (χ3v) is 2.36. The first-order chi connectivity index (χ1) is 5.89. The van der Waals surface area contributed by atoms with E-state index < -0.39 is 23.3 Å². The molecule has 0 unspecified atom stereocenters. The molecule has 0 N–H and O–H groups in total. The van der Waals surface area contributed by atoms with Crippen molar-refractivity contribution in [3.63, 3.8) is 0 Å². The maximum absolute atomic E-state index is 10.8. The summed E-state index contributed by atoms with van der Waals surface area (Å²) in [5.41, 5.74) is -1.84. The number of rotatable bonds is 5. The summed E-state index contributed by atoms with van der Waals surface area (Å²) in [6, 6.07) is 0. The Morgan fingerprint density at radius 3 is 1.53 bits per heavy atom. The van der Waals surface area contributed by atoms with Crippen LogP contribution in [0.3, 0.4) is 0 Å². The van der Waals surface area contributed by atoms with Gasteiger partial charge in [0.2, 0.25) is 0 Å². The van der Waals surface area contributed by atoms with Gasteiger partial charge in [-0.3, -0.25) is 0 Å². The van der Waals surface area contributed by atoms with Gasteiger partial charge in [-0.2, -0.15) is 0 Å². The van der Waals surface area contributed by atoms with Crippen LogP contribution in [0.5, 0.6) is 0 Å². The molecule has 0 aliphatic rings. The normalized spacial score (nSPS) is 10.1. The molecule has 6 heteroatoms. The van der Waals surface area contributed by atoms with Gasteiger partial charge in [-0.15, -0.1) is 0 Å². The van der Waals surface area contributed by atoms with Crippen molar-refractivity contribution in [1.29, 1.82) is 0 Å². The Hall–Kier alpha value is 0.940. The van der Waals surface area contributed by atoms with Crippen molar-refractivity contribution in [3.8, 4) is 0 Å². The third-order valence-electron chi connectivity index (χ3n) is 2.36. The number of carbonyl (C=O) groups is 2. The number of aliphatic carboxylic acids is 2. The molecular formula is C9H14Na2O4. The van der Waals surface area contributed by atoms with E-state index in [1.165, 1.54) is 0 Å². The van der Waals surface area contributed by atoms with Crippen molar-refractivity contribution in [1.82, 2.24) is 0 Å². The molecule has 15 heavy (non-hydrogen) atoms. The molecule has 0 saturated heterocycles. The third kappa shape index (κ3) is 4.75. The molecule has 0 aliphatic carbocycles. The van der Waals surface area contributed by atoms with Gasteiger partial charge in [0.05, 0.1) is 17.4 Å². The van der Waals surface area contributed by atoms with Crippen LogP contribution in [-0.4, -0.2) is 11.9 Å². The monoisotopic (exact) mass is 232 g/mol. The van der Waals surface area contributed by atoms with Crippen LogP contribution in [0, 0.1) is 11.3 Å². The van der Waals surface area contributed by atoms with Gasteiger partial charge < -0.3 is 19.8 Å². The molecule has 0 amide bonds. The van der Waals surface area contributed by atoms with Crippen molar-refractivity contribution in [3.05, 3.63) is 0 Å². The van der Waals surface area contributed by atoms with E-state index in [0.717, 1.165) is 0 Å². The second kappa shape index (κ2) is 9.02. The molecule has 0 heterocycles. The fourth-order valence-corrected chi connectivity index (χ4v) is 1.44. The fourth-order valence-electron chi connectivity index (χ4n) is 1.44. The molecule has 0 aliphatic heterocycles. The van der Waals surface area contributed by atoms with Gasteiger partial charge in [0.1, 0.15) is 0 Å². The van der Waals surface area contributed by atoms with E-state index in [0.29, 0.717) is 6.42 Å². The van der Waals surface area contributed by atoms with E-state index in [1.54, 1.807) is 20.8 Å². The molecule has 76 valence electrons. The topological polar surface area (TPSA) is 80.3 Å². The summed E-state index contributed by atoms with van der Waals surface area (Å²) >= 11 is 0. The maximum Gasteiger partial charge on any atom is 1.00 e. The van der Waals surface area contributed by atoms with E-state index in [-0.39, 0.29) is 65.5 Å². The Morgan fingerprint density at radius 1 is 1.13 bits per heavy atom. The SMILES string of the molecule is CCCC(C(=O)[O-])(C(=O)[O-])C(C)C.[Na+].[Na+]. The Labute approximate surface area is 134 Å². The van der Waals surface area contributed by atoms with E-state index in [9.17, 15) is 19.8 Å². The largest absolute Gasteiger partial charge is 1.00 e. The molecule has 0 atom stereocenters. The molecule has 0 radical (unpaired) electrons. The van der Waals surface area contributed by atoms with Crippen LogP contribution >= 0.6 is 0 Å². The van der Waals surface area contributed by atoms with Crippen LogP contribution in [0.25, 0.3) is 0 Å². The zero-order valence-electron chi connectivity index (χ0n) is 10.1. The molecule has 0 aromatic heterocycles. The number of carboxylic acids is 2. The maximum atomic E-state index is 10.8. The predicted octanol–water partition coefficient (Wildman–Crippen LogP) is -7.06. The van der Waals surface area contributed by atoms with Crippen LogP contribution < -0.4 is 69.3 Å². The summed E-state index contributed by atoms with van der Waals surface area (Å²) in [5.74, 6) is -3.63. The first kappa shape index (κ1) is 21.2. The molecule has 0 saturated carbocycles. The molecule has 0 fully saturated rings. The Balaban J connectivity index is -0.000000720. The standard InChI is InChI=1S/C9H16O4.2Na/c1-4-5-9(6(2)3,7(10)11)8(12)13;;/h6H,4-5H2,1-3H3,(H,10,11)(H,12,13);;/q;2*+1/p-2. The average Bonchev–Trinajstić information content (AvgIpc) is 1.97. The predicted molar refractivity (Wildman–Crippen MR) is 42.2 cm³/mol. The molecule has 0 spiro atoms. The smallest absolute Gasteiger partial charge is 0.549 e. The summed E-state index contributed by atoms with van der Waals surface area (Å²) in [4.78, 5) is 21.5. The number of carboxylic acid groups (broad SMARTS) is 2. The number of hydrogen-bond acceptors (Lipinski definition) is 4. The van der Waals surface area contributed by atoms with Gasteiger partial charge in [0.25, 0.3) is 0 Å². The minimum atomic E-state index is -1.84. The van der Waals surface area contributed by atoms with E-state index in [2.05, 4.69) is 0 Å². The minimum absolute atomic E-state index is 0. The van der Waals surface area contributed by atoms with Crippen molar-refractivity contribution in [2.45, 2.75) is 33.6 Å². The van der Waals surface area contributed by atoms with Gasteiger partial charge in [-0.05, 0) is 12.3 Å². The summed E-state index contributed by atoms with van der Waals surface area (Å²) in [5, 5.41) is 21.5. The quantitative estimate of drug-likeness (QED) is 0.348. The Kier molecular flexibility index (Phi) is 12.8. The first-order valence-electron chi connectivity index (χ1n) is 4.32. The van der Waals surface area contributed by atoms with E-state index in [4.69, 9.17) is 0 Å². The Morgan fingerprint density at radius 2 is 1.47 bits per heavy atom. The van der Waals surface area contributed by atoms with Gasteiger partial charge >= 0.3 is 59.1 Å². The first-order valence-corrected chi connectivity index (χ1v) is 4.32. The zero-order valence-corrected chi connectivity index (χ0v) is 14.1. The van der Waals surface area contributed by atoms with Crippen molar-refractivity contribution < 1.29 is 78.9 Å². The summed E-state index contributed by atoms with van der Waals surface area (Å²) in [6.07, 6.45) is 0.523. The molecule has 0 rings (SSSR count). The summed E-state index contributed by atoms with van der Waals surface area (Å²) in [6.45, 7) is 4.81. The second-order valence-electron chi connectivity index (χ2n) is 3.45. The van der Waals surface area contributed by atoms with Crippen LogP contribution in [0.1, 0.15) is 33.6 Å². The molecule has 4 nitrogen and oxygen atoms in total.